The highest BCUT2D eigenvalue weighted by molar-refractivity contribution is 7.98. The Hall–Kier alpha value is -3.33. The van der Waals surface area contributed by atoms with Crippen molar-refractivity contribution in [2.75, 3.05) is 23.3 Å². The Bertz CT molecular complexity index is 1050. The second-order valence-corrected chi connectivity index (χ2v) is 8.34. The topological polar surface area (TPSA) is 117 Å². The van der Waals surface area contributed by atoms with Crippen LogP contribution in [-0.4, -0.2) is 40.1 Å². The van der Waals surface area contributed by atoms with Gasteiger partial charge in [0, 0.05) is 30.0 Å². The number of hydrogen-bond acceptors (Lipinski definition) is 6. The molecule has 160 valence electrons. The molecule has 2 amide bonds. The third kappa shape index (κ3) is 5.24. The average molecular weight is 437 g/mol. The maximum absolute atomic E-state index is 12.9. The highest BCUT2D eigenvalue weighted by Gasteiger charge is 2.18. The lowest BCUT2D eigenvalue weighted by Crippen LogP contribution is -2.30. The molecule has 1 aliphatic heterocycles. The summed E-state index contributed by atoms with van der Waals surface area (Å²) in [6.45, 7) is 1.85. The summed E-state index contributed by atoms with van der Waals surface area (Å²) < 4.78 is 0. The maximum atomic E-state index is 12.9. The molecular formula is C22H24N6O2S. The number of aromatic nitrogens is 3. The molecular weight excluding hydrogens is 412 g/mol. The van der Waals surface area contributed by atoms with Gasteiger partial charge in [0.05, 0.1) is 11.4 Å². The van der Waals surface area contributed by atoms with Crippen molar-refractivity contribution in [1.29, 1.82) is 0 Å². The van der Waals surface area contributed by atoms with Gasteiger partial charge in [-0.1, -0.05) is 23.9 Å². The van der Waals surface area contributed by atoms with Crippen molar-refractivity contribution in [3.63, 3.8) is 0 Å². The first-order chi connectivity index (χ1) is 15.1. The van der Waals surface area contributed by atoms with E-state index in [0.717, 1.165) is 48.1 Å². The van der Waals surface area contributed by atoms with Gasteiger partial charge in [0.1, 0.15) is 6.33 Å². The van der Waals surface area contributed by atoms with Crippen LogP contribution in [0.2, 0.25) is 0 Å². The van der Waals surface area contributed by atoms with Crippen LogP contribution in [0.5, 0.6) is 0 Å². The van der Waals surface area contributed by atoms with E-state index in [4.69, 9.17) is 5.73 Å². The molecule has 1 aliphatic rings. The van der Waals surface area contributed by atoms with Crippen LogP contribution in [0, 0.1) is 0 Å². The van der Waals surface area contributed by atoms with E-state index in [1.807, 2.05) is 18.2 Å². The van der Waals surface area contributed by atoms with Gasteiger partial charge in [-0.25, -0.2) is 4.98 Å². The molecule has 0 radical (unpaired) electrons. The minimum absolute atomic E-state index is 0.227. The van der Waals surface area contributed by atoms with Crippen molar-refractivity contribution in [1.82, 2.24) is 15.2 Å². The SMILES string of the molecule is NC(=O)c1ccc(N2CCCCC2)c(NC(=O)c2ccc(CSc3ncn[nH]3)cc2)c1. The quantitative estimate of drug-likeness (QED) is 0.489. The summed E-state index contributed by atoms with van der Waals surface area (Å²) in [6.07, 6.45) is 4.90. The monoisotopic (exact) mass is 436 g/mol. The molecule has 0 saturated carbocycles. The predicted octanol–water partition coefficient (Wildman–Crippen LogP) is 3.44. The van der Waals surface area contributed by atoms with Crippen molar-refractivity contribution in [2.24, 2.45) is 5.73 Å². The Labute approximate surface area is 184 Å². The lowest BCUT2D eigenvalue weighted by Gasteiger charge is -2.30. The first kappa shape index (κ1) is 20.9. The maximum Gasteiger partial charge on any atom is 0.255 e. The molecule has 0 unspecified atom stereocenters. The lowest BCUT2D eigenvalue weighted by molar-refractivity contribution is 0.0996. The lowest BCUT2D eigenvalue weighted by atomic mass is 10.1. The van der Waals surface area contributed by atoms with Crippen LogP contribution in [0.15, 0.2) is 53.9 Å². The Morgan fingerprint density at radius 3 is 2.48 bits per heavy atom. The minimum atomic E-state index is -0.519. The summed E-state index contributed by atoms with van der Waals surface area (Å²) in [4.78, 5) is 30.9. The fourth-order valence-electron chi connectivity index (χ4n) is 3.56. The zero-order valence-corrected chi connectivity index (χ0v) is 17.8. The number of nitrogens with one attached hydrogen (secondary N) is 2. The summed E-state index contributed by atoms with van der Waals surface area (Å²) in [5.41, 5.74) is 8.96. The minimum Gasteiger partial charge on any atom is -0.370 e. The Morgan fingerprint density at radius 2 is 1.81 bits per heavy atom. The van der Waals surface area contributed by atoms with Crippen LogP contribution in [0.1, 0.15) is 45.5 Å². The van der Waals surface area contributed by atoms with Crippen molar-refractivity contribution in [3.8, 4) is 0 Å². The normalized spacial score (nSPS) is 13.7. The molecule has 8 nitrogen and oxygen atoms in total. The van der Waals surface area contributed by atoms with Crippen molar-refractivity contribution in [2.45, 2.75) is 30.2 Å². The predicted molar refractivity (Wildman–Crippen MR) is 121 cm³/mol. The Kier molecular flexibility index (Phi) is 6.51. The van der Waals surface area contributed by atoms with Gasteiger partial charge in [-0.05, 0) is 55.2 Å². The fourth-order valence-corrected chi connectivity index (χ4v) is 4.30. The number of anilines is 2. The van der Waals surface area contributed by atoms with Gasteiger partial charge in [0.2, 0.25) is 5.91 Å². The number of benzene rings is 2. The van der Waals surface area contributed by atoms with E-state index in [-0.39, 0.29) is 5.91 Å². The molecule has 2 heterocycles. The van der Waals surface area contributed by atoms with Crippen molar-refractivity contribution in [3.05, 3.63) is 65.5 Å². The molecule has 9 heteroatoms. The molecule has 0 aliphatic carbocycles. The molecule has 31 heavy (non-hydrogen) atoms. The van der Waals surface area contributed by atoms with Gasteiger partial charge in [0.15, 0.2) is 5.16 Å². The van der Waals surface area contributed by atoms with Gasteiger partial charge in [-0.15, -0.1) is 0 Å². The number of nitrogens with zero attached hydrogens (tertiary/aromatic N) is 3. The third-order valence-electron chi connectivity index (χ3n) is 5.21. The van der Waals surface area contributed by atoms with Crippen LogP contribution >= 0.6 is 11.8 Å². The number of amides is 2. The molecule has 0 spiro atoms. The summed E-state index contributed by atoms with van der Waals surface area (Å²) in [5, 5.41) is 10.4. The van der Waals surface area contributed by atoms with E-state index in [9.17, 15) is 9.59 Å². The zero-order chi connectivity index (χ0) is 21.6. The largest absolute Gasteiger partial charge is 0.370 e. The average Bonchev–Trinajstić information content (AvgIpc) is 3.32. The molecule has 1 saturated heterocycles. The fraction of sp³-hybridized carbons (Fsp3) is 0.273. The number of carbonyl (C=O) groups is 2. The second-order valence-electron chi connectivity index (χ2n) is 7.37. The number of primary amides is 1. The first-order valence-corrected chi connectivity index (χ1v) is 11.2. The summed E-state index contributed by atoms with van der Waals surface area (Å²) in [6, 6.07) is 12.7. The summed E-state index contributed by atoms with van der Waals surface area (Å²) in [5.74, 6) is -0.0275. The number of rotatable bonds is 7. The number of aromatic amines is 1. The molecule has 0 bridgehead atoms. The number of H-pyrrole nitrogens is 1. The highest BCUT2D eigenvalue weighted by Crippen LogP contribution is 2.30. The van der Waals surface area contributed by atoms with E-state index in [2.05, 4.69) is 25.4 Å². The zero-order valence-electron chi connectivity index (χ0n) is 17.0. The summed E-state index contributed by atoms with van der Waals surface area (Å²) in [7, 11) is 0. The van der Waals surface area contributed by atoms with Crippen LogP contribution < -0.4 is 16.0 Å². The Morgan fingerprint density at radius 1 is 1.06 bits per heavy atom. The van der Waals surface area contributed by atoms with Crippen molar-refractivity contribution < 1.29 is 9.59 Å². The van der Waals surface area contributed by atoms with Crippen molar-refractivity contribution >= 4 is 35.0 Å². The molecule has 4 rings (SSSR count). The Balaban J connectivity index is 1.48. The van der Waals surface area contributed by atoms with Gasteiger partial charge < -0.3 is 16.0 Å². The first-order valence-electron chi connectivity index (χ1n) is 10.2. The second kappa shape index (κ2) is 9.65. The number of piperidine rings is 1. The molecule has 1 fully saturated rings. The number of nitrogens with two attached hydrogens (primary N) is 1. The number of thioether (sulfide) groups is 1. The highest BCUT2D eigenvalue weighted by atomic mass is 32.2. The van der Waals surface area contributed by atoms with Gasteiger partial charge in [-0.3, -0.25) is 14.7 Å². The van der Waals surface area contributed by atoms with Crippen LogP contribution in [0.25, 0.3) is 0 Å². The van der Waals surface area contributed by atoms with E-state index >= 15 is 0 Å². The van der Waals surface area contributed by atoms with Gasteiger partial charge in [0.25, 0.3) is 5.91 Å². The number of hydrogen-bond donors (Lipinski definition) is 3. The molecule has 3 aromatic rings. The van der Waals surface area contributed by atoms with Gasteiger partial charge >= 0.3 is 0 Å². The molecule has 0 atom stereocenters. The summed E-state index contributed by atoms with van der Waals surface area (Å²) >= 11 is 1.54. The van der Waals surface area contributed by atoms with Crippen LogP contribution in [0.4, 0.5) is 11.4 Å². The standard InChI is InChI=1S/C22H24N6O2S/c23-20(29)17-8-9-19(28-10-2-1-3-11-28)18(12-17)26-21(30)16-6-4-15(5-7-16)13-31-22-24-14-25-27-22/h4-9,12,14H,1-3,10-11,13H2,(H2,23,29)(H,26,30)(H,24,25,27). The smallest absolute Gasteiger partial charge is 0.255 e. The van der Waals surface area contributed by atoms with Gasteiger partial charge in [-0.2, -0.15) is 5.10 Å². The van der Waals surface area contributed by atoms with E-state index < -0.39 is 5.91 Å². The molecule has 4 N–H and O–H groups in total. The van der Waals surface area contributed by atoms with E-state index in [1.54, 1.807) is 36.0 Å². The third-order valence-corrected chi connectivity index (χ3v) is 6.16. The van der Waals surface area contributed by atoms with Crippen LogP contribution in [-0.2, 0) is 5.75 Å². The molecule has 2 aromatic carbocycles. The van der Waals surface area contributed by atoms with E-state index in [1.165, 1.54) is 12.7 Å². The van der Waals surface area contributed by atoms with Crippen LogP contribution in [0.3, 0.4) is 0 Å². The molecule has 1 aromatic heterocycles. The number of carbonyl (C=O) groups excluding carboxylic acids is 2. The van der Waals surface area contributed by atoms with E-state index in [0.29, 0.717) is 16.8 Å².